The molecule has 0 aromatic rings. The first-order valence-electron chi connectivity index (χ1n) is 4.19. The van der Waals surface area contributed by atoms with Crippen molar-refractivity contribution in [1.82, 2.24) is 0 Å². The second kappa shape index (κ2) is 5.16. The van der Waals surface area contributed by atoms with E-state index in [0.29, 0.717) is 5.92 Å². The molecule has 0 aliphatic carbocycles. The van der Waals surface area contributed by atoms with Crippen LogP contribution in [0.1, 0.15) is 33.6 Å². The maximum atomic E-state index is 10.9. The summed E-state index contributed by atoms with van der Waals surface area (Å²) in [4.78, 5) is 10.9. The molecule has 0 saturated carbocycles. The summed E-state index contributed by atoms with van der Waals surface area (Å²) in [7, 11) is 1.44. The van der Waals surface area contributed by atoms with Crippen LogP contribution in [0.5, 0.6) is 0 Å². The molecular weight excluding hydrogens is 140 g/mol. The summed E-state index contributed by atoms with van der Waals surface area (Å²) in [6.45, 7) is 6.20. The lowest BCUT2D eigenvalue weighted by atomic mass is 9.96. The van der Waals surface area contributed by atoms with Gasteiger partial charge in [0.15, 0.2) is 0 Å². The summed E-state index contributed by atoms with van der Waals surface area (Å²) in [5.41, 5.74) is 0. The van der Waals surface area contributed by atoms with Gasteiger partial charge in [-0.1, -0.05) is 27.2 Å². The summed E-state index contributed by atoms with van der Waals surface area (Å²) in [6, 6.07) is 0. The standard InChI is InChI=1S/C9H18O2/c1-5-7(2)6-8(3)9(10)11-4/h7-8H,5-6H2,1-4H3/t7?,8-/m1/s1. The SMILES string of the molecule is CCC(C)C[C@@H](C)C(=O)OC. The number of carbonyl (C=O) groups excluding carboxylic acids is 1. The van der Waals surface area contributed by atoms with Gasteiger partial charge in [0.05, 0.1) is 13.0 Å². The molecule has 0 heterocycles. The highest BCUT2D eigenvalue weighted by atomic mass is 16.5. The van der Waals surface area contributed by atoms with E-state index >= 15 is 0 Å². The van der Waals surface area contributed by atoms with Gasteiger partial charge in [-0.3, -0.25) is 4.79 Å². The van der Waals surface area contributed by atoms with Crippen LogP contribution in [-0.2, 0) is 9.53 Å². The average molecular weight is 158 g/mol. The third kappa shape index (κ3) is 4.02. The van der Waals surface area contributed by atoms with Crippen LogP contribution in [0.2, 0.25) is 0 Å². The fourth-order valence-corrected chi connectivity index (χ4v) is 1.07. The Morgan fingerprint density at radius 2 is 2.00 bits per heavy atom. The van der Waals surface area contributed by atoms with Crippen molar-refractivity contribution in [3.63, 3.8) is 0 Å². The monoisotopic (exact) mass is 158 g/mol. The van der Waals surface area contributed by atoms with Gasteiger partial charge in [0.2, 0.25) is 0 Å². The molecule has 0 fully saturated rings. The number of carbonyl (C=O) groups is 1. The number of esters is 1. The minimum absolute atomic E-state index is 0.0509. The summed E-state index contributed by atoms with van der Waals surface area (Å²) < 4.78 is 4.62. The molecular formula is C9H18O2. The predicted octanol–water partition coefficient (Wildman–Crippen LogP) is 2.23. The van der Waals surface area contributed by atoms with Crippen LogP contribution in [0.25, 0.3) is 0 Å². The van der Waals surface area contributed by atoms with E-state index in [1.807, 2.05) is 6.92 Å². The summed E-state index contributed by atoms with van der Waals surface area (Å²) in [5, 5.41) is 0. The Labute approximate surface area is 68.9 Å². The van der Waals surface area contributed by atoms with E-state index in [1.165, 1.54) is 7.11 Å². The topological polar surface area (TPSA) is 26.3 Å². The predicted molar refractivity (Wildman–Crippen MR) is 45.3 cm³/mol. The first-order valence-corrected chi connectivity index (χ1v) is 4.19. The highest BCUT2D eigenvalue weighted by molar-refractivity contribution is 5.71. The van der Waals surface area contributed by atoms with Gasteiger partial charge in [-0.15, -0.1) is 0 Å². The molecule has 66 valence electrons. The van der Waals surface area contributed by atoms with E-state index in [4.69, 9.17) is 0 Å². The molecule has 2 atom stereocenters. The van der Waals surface area contributed by atoms with E-state index in [0.717, 1.165) is 12.8 Å². The van der Waals surface area contributed by atoms with Crippen LogP contribution >= 0.6 is 0 Å². The van der Waals surface area contributed by atoms with Crippen LogP contribution < -0.4 is 0 Å². The minimum Gasteiger partial charge on any atom is -0.469 e. The van der Waals surface area contributed by atoms with Gasteiger partial charge in [-0.2, -0.15) is 0 Å². The number of hydrogen-bond donors (Lipinski definition) is 0. The summed E-state index contributed by atoms with van der Waals surface area (Å²) in [5.74, 6) is 0.573. The smallest absolute Gasteiger partial charge is 0.308 e. The lowest BCUT2D eigenvalue weighted by Gasteiger charge is -2.12. The molecule has 0 rings (SSSR count). The quantitative estimate of drug-likeness (QED) is 0.586. The molecule has 0 spiro atoms. The zero-order valence-electron chi connectivity index (χ0n) is 7.89. The molecule has 0 aromatic carbocycles. The summed E-state index contributed by atoms with van der Waals surface area (Å²) >= 11 is 0. The second-order valence-electron chi connectivity index (χ2n) is 3.17. The Morgan fingerprint density at radius 1 is 1.45 bits per heavy atom. The Kier molecular flexibility index (Phi) is 4.92. The van der Waals surface area contributed by atoms with Crippen LogP contribution in [-0.4, -0.2) is 13.1 Å². The van der Waals surface area contributed by atoms with Crippen LogP contribution in [0.15, 0.2) is 0 Å². The molecule has 0 saturated heterocycles. The fourth-order valence-electron chi connectivity index (χ4n) is 1.07. The van der Waals surface area contributed by atoms with E-state index in [-0.39, 0.29) is 11.9 Å². The van der Waals surface area contributed by atoms with E-state index < -0.39 is 0 Å². The number of ether oxygens (including phenoxy) is 1. The maximum absolute atomic E-state index is 10.9. The van der Waals surface area contributed by atoms with Crippen LogP contribution in [0.3, 0.4) is 0 Å². The molecule has 0 amide bonds. The molecule has 2 nitrogen and oxygen atoms in total. The molecule has 0 bridgehead atoms. The first-order chi connectivity index (χ1) is 5.11. The largest absolute Gasteiger partial charge is 0.469 e. The Hall–Kier alpha value is -0.530. The van der Waals surface area contributed by atoms with Crippen molar-refractivity contribution in [3.05, 3.63) is 0 Å². The van der Waals surface area contributed by atoms with Crippen molar-refractivity contribution in [3.8, 4) is 0 Å². The molecule has 2 heteroatoms. The zero-order valence-corrected chi connectivity index (χ0v) is 7.89. The highest BCUT2D eigenvalue weighted by Crippen LogP contribution is 2.15. The van der Waals surface area contributed by atoms with Gasteiger partial charge in [0, 0.05) is 0 Å². The van der Waals surface area contributed by atoms with Gasteiger partial charge >= 0.3 is 5.97 Å². The molecule has 0 aliphatic rings. The third-order valence-corrected chi connectivity index (χ3v) is 2.06. The molecule has 0 aromatic heterocycles. The lowest BCUT2D eigenvalue weighted by Crippen LogP contribution is -2.15. The molecule has 0 radical (unpaired) electrons. The zero-order chi connectivity index (χ0) is 8.85. The fraction of sp³-hybridized carbons (Fsp3) is 0.889. The number of rotatable bonds is 4. The van der Waals surface area contributed by atoms with Crippen LogP contribution in [0, 0.1) is 11.8 Å². The normalized spacial score (nSPS) is 15.6. The molecule has 1 unspecified atom stereocenters. The Balaban J connectivity index is 3.67. The van der Waals surface area contributed by atoms with Gasteiger partial charge in [-0.05, 0) is 12.3 Å². The number of methoxy groups -OCH3 is 1. The van der Waals surface area contributed by atoms with E-state index in [2.05, 4.69) is 18.6 Å². The van der Waals surface area contributed by atoms with Crippen molar-refractivity contribution in [1.29, 1.82) is 0 Å². The van der Waals surface area contributed by atoms with Gasteiger partial charge in [-0.25, -0.2) is 0 Å². The van der Waals surface area contributed by atoms with Crippen molar-refractivity contribution >= 4 is 5.97 Å². The third-order valence-electron chi connectivity index (χ3n) is 2.06. The minimum atomic E-state index is -0.0923. The Morgan fingerprint density at radius 3 is 2.36 bits per heavy atom. The van der Waals surface area contributed by atoms with Crippen LogP contribution in [0.4, 0.5) is 0 Å². The highest BCUT2D eigenvalue weighted by Gasteiger charge is 2.15. The molecule has 0 N–H and O–H groups in total. The van der Waals surface area contributed by atoms with Gasteiger partial charge in [0.1, 0.15) is 0 Å². The molecule has 0 aliphatic heterocycles. The maximum Gasteiger partial charge on any atom is 0.308 e. The van der Waals surface area contributed by atoms with Crippen molar-refractivity contribution in [2.45, 2.75) is 33.6 Å². The molecule has 11 heavy (non-hydrogen) atoms. The van der Waals surface area contributed by atoms with Crippen molar-refractivity contribution < 1.29 is 9.53 Å². The Bertz CT molecular complexity index is 121. The van der Waals surface area contributed by atoms with E-state index in [1.54, 1.807) is 0 Å². The van der Waals surface area contributed by atoms with E-state index in [9.17, 15) is 4.79 Å². The van der Waals surface area contributed by atoms with Crippen molar-refractivity contribution in [2.75, 3.05) is 7.11 Å². The van der Waals surface area contributed by atoms with Crippen molar-refractivity contribution in [2.24, 2.45) is 11.8 Å². The van der Waals surface area contributed by atoms with Gasteiger partial charge in [0.25, 0.3) is 0 Å². The van der Waals surface area contributed by atoms with Gasteiger partial charge < -0.3 is 4.74 Å². The summed E-state index contributed by atoms with van der Waals surface area (Å²) in [6.07, 6.45) is 2.06. The lowest BCUT2D eigenvalue weighted by molar-refractivity contribution is -0.145. The average Bonchev–Trinajstić information content (AvgIpc) is 2.02. The number of hydrogen-bond acceptors (Lipinski definition) is 2. The second-order valence-corrected chi connectivity index (χ2v) is 3.17. The first kappa shape index (κ1) is 10.5.